The number of rotatable bonds is 3. The van der Waals surface area contributed by atoms with Crippen molar-refractivity contribution in [3.8, 4) is 0 Å². The van der Waals surface area contributed by atoms with E-state index in [2.05, 4.69) is 0 Å². The minimum absolute atomic E-state index is 0.0335. The maximum Gasteiger partial charge on any atom is 0.163 e. The number of hydrogen-bond donors (Lipinski definition) is 0. The standard InChI is InChI=1S/C14H14Cl2O2/c15-11-6-5-10(7-12(11)16)14(18)8-9-3-1-2-4-13(9)17/h5-7,9H,1-4,8H2. The van der Waals surface area contributed by atoms with Crippen LogP contribution in [-0.2, 0) is 4.79 Å². The van der Waals surface area contributed by atoms with Gasteiger partial charge in [-0.25, -0.2) is 0 Å². The number of hydrogen-bond acceptors (Lipinski definition) is 2. The zero-order valence-corrected chi connectivity index (χ0v) is 11.4. The van der Waals surface area contributed by atoms with Gasteiger partial charge in [-0.05, 0) is 31.0 Å². The predicted octanol–water partition coefficient (Wildman–Crippen LogP) is 4.33. The van der Waals surface area contributed by atoms with Gasteiger partial charge in [0.25, 0.3) is 0 Å². The Labute approximate surface area is 116 Å². The van der Waals surface area contributed by atoms with E-state index in [1.807, 2.05) is 0 Å². The Kier molecular flexibility index (Phi) is 4.41. The molecule has 1 unspecified atom stereocenters. The summed E-state index contributed by atoms with van der Waals surface area (Å²) in [7, 11) is 0. The second-order valence-electron chi connectivity index (χ2n) is 4.67. The summed E-state index contributed by atoms with van der Waals surface area (Å²) in [6.07, 6.45) is 3.71. The highest BCUT2D eigenvalue weighted by Crippen LogP contribution is 2.27. The molecular weight excluding hydrogens is 271 g/mol. The quantitative estimate of drug-likeness (QED) is 0.775. The largest absolute Gasteiger partial charge is 0.299 e. The summed E-state index contributed by atoms with van der Waals surface area (Å²) in [5.74, 6) is 0.0733. The molecule has 4 heteroatoms. The molecule has 0 radical (unpaired) electrons. The Bertz CT molecular complexity index is 483. The smallest absolute Gasteiger partial charge is 0.163 e. The molecule has 96 valence electrons. The minimum atomic E-state index is -0.110. The van der Waals surface area contributed by atoms with Crippen LogP contribution in [0, 0.1) is 5.92 Å². The zero-order chi connectivity index (χ0) is 13.1. The van der Waals surface area contributed by atoms with Gasteiger partial charge in [0.05, 0.1) is 10.0 Å². The maximum atomic E-state index is 12.1. The molecule has 0 bridgehead atoms. The molecule has 0 heterocycles. The van der Waals surface area contributed by atoms with Crippen LogP contribution in [0.2, 0.25) is 10.0 Å². The number of halogens is 2. The Morgan fingerprint density at radius 2 is 2.00 bits per heavy atom. The van der Waals surface area contributed by atoms with Crippen molar-refractivity contribution in [3.05, 3.63) is 33.8 Å². The van der Waals surface area contributed by atoms with Gasteiger partial charge < -0.3 is 0 Å². The van der Waals surface area contributed by atoms with Crippen LogP contribution in [-0.4, -0.2) is 11.6 Å². The Morgan fingerprint density at radius 3 is 2.67 bits per heavy atom. The second kappa shape index (κ2) is 5.85. The van der Waals surface area contributed by atoms with Gasteiger partial charge in [0.1, 0.15) is 5.78 Å². The molecule has 1 aromatic rings. The number of ketones is 2. The zero-order valence-electron chi connectivity index (χ0n) is 9.92. The lowest BCUT2D eigenvalue weighted by Gasteiger charge is -2.19. The highest BCUT2D eigenvalue weighted by Gasteiger charge is 2.25. The van der Waals surface area contributed by atoms with E-state index in [-0.39, 0.29) is 23.9 Å². The molecule has 0 aliphatic heterocycles. The van der Waals surface area contributed by atoms with E-state index < -0.39 is 0 Å². The van der Waals surface area contributed by atoms with Crippen LogP contribution in [0.1, 0.15) is 42.5 Å². The molecule has 1 saturated carbocycles. The average molecular weight is 285 g/mol. The van der Waals surface area contributed by atoms with E-state index in [0.717, 1.165) is 19.3 Å². The van der Waals surface area contributed by atoms with Gasteiger partial charge in [0.2, 0.25) is 0 Å². The molecule has 18 heavy (non-hydrogen) atoms. The third-order valence-electron chi connectivity index (χ3n) is 3.35. The minimum Gasteiger partial charge on any atom is -0.299 e. The summed E-state index contributed by atoms with van der Waals surface area (Å²) in [5.41, 5.74) is 0.530. The van der Waals surface area contributed by atoms with Gasteiger partial charge in [0.15, 0.2) is 5.78 Å². The third kappa shape index (κ3) is 3.12. The molecule has 1 aliphatic rings. The lowest BCUT2D eigenvalue weighted by Crippen LogP contribution is -2.22. The molecule has 1 fully saturated rings. The van der Waals surface area contributed by atoms with Crippen LogP contribution in [0.4, 0.5) is 0 Å². The first-order valence-corrected chi connectivity index (χ1v) is 6.84. The third-order valence-corrected chi connectivity index (χ3v) is 4.09. The number of benzene rings is 1. The van der Waals surface area contributed by atoms with Gasteiger partial charge >= 0.3 is 0 Å². The molecule has 0 spiro atoms. The molecule has 0 N–H and O–H groups in total. The van der Waals surface area contributed by atoms with Crippen molar-refractivity contribution in [3.63, 3.8) is 0 Å². The molecule has 0 aromatic heterocycles. The van der Waals surface area contributed by atoms with Crippen molar-refractivity contribution in [2.75, 3.05) is 0 Å². The summed E-state index contributed by atoms with van der Waals surface area (Å²) >= 11 is 11.7. The van der Waals surface area contributed by atoms with Crippen molar-refractivity contribution in [1.82, 2.24) is 0 Å². The normalized spacial score (nSPS) is 19.9. The molecule has 2 nitrogen and oxygen atoms in total. The van der Waals surface area contributed by atoms with Gasteiger partial charge in [-0.3, -0.25) is 9.59 Å². The first-order chi connectivity index (χ1) is 8.58. The van der Waals surface area contributed by atoms with Crippen LogP contribution >= 0.6 is 23.2 Å². The predicted molar refractivity (Wildman–Crippen MR) is 72.4 cm³/mol. The fourth-order valence-electron chi connectivity index (χ4n) is 2.28. The lowest BCUT2D eigenvalue weighted by molar-refractivity contribution is -0.124. The van der Waals surface area contributed by atoms with E-state index >= 15 is 0 Å². The van der Waals surface area contributed by atoms with Gasteiger partial charge in [0, 0.05) is 24.3 Å². The van der Waals surface area contributed by atoms with Crippen LogP contribution in [0.15, 0.2) is 18.2 Å². The van der Waals surface area contributed by atoms with Crippen LogP contribution in [0.5, 0.6) is 0 Å². The first kappa shape index (κ1) is 13.6. The SMILES string of the molecule is O=C(CC1CCCCC1=O)c1ccc(Cl)c(Cl)c1. The maximum absolute atomic E-state index is 12.1. The summed E-state index contributed by atoms with van der Waals surface area (Å²) in [5, 5.41) is 0.805. The van der Waals surface area contributed by atoms with E-state index in [9.17, 15) is 9.59 Å². The monoisotopic (exact) mass is 284 g/mol. The molecule has 0 saturated heterocycles. The van der Waals surface area contributed by atoms with E-state index in [4.69, 9.17) is 23.2 Å². The number of carbonyl (C=O) groups is 2. The summed E-state index contributed by atoms with van der Waals surface area (Å²) in [6.45, 7) is 0. The summed E-state index contributed by atoms with van der Waals surface area (Å²) in [6, 6.07) is 4.84. The molecule has 1 atom stereocenters. The first-order valence-electron chi connectivity index (χ1n) is 6.09. The lowest BCUT2D eigenvalue weighted by atomic mass is 9.83. The molecule has 1 aromatic carbocycles. The second-order valence-corrected chi connectivity index (χ2v) is 5.48. The van der Waals surface area contributed by atoms with Crippen molar-refractivity contribution in [2.24, 2.45) is 5.92 Å². The number of Topliss-reactive ketones (excluding diaryl/α,β-unsaturated/α-hetero) is 2. The molecule has 2 rings (SSSR count). The molecular formula is C14H14Cl2O2. The van der Waals surface area contributed by atoms with Gasteiger partial charge in [-0.1, -0.05) is 29.6 Å². The summed E-state index contributed by atoms with van der Waals surface area (Å²) < 4.78 is 0. The Morgan fingerprint density at radius 1 is 1.22 bits per heavy atom. The van der Waals surface area contributed by atoms with Gasteiger partial charge in [-0.15, -0.1) is 0 Å². The van der Waals surface area contributed by atoms with Crippen LogP contribution in [0.3, 0.4) is 0 Å². The van der Waals surface area contributed by atoms with Crippen molar-refractivity contribution in [2.45, 2.75) is 32.1 Å². The molecule has 1 aliphatic carbocycles. The van der Waals surface area contributed by atoms with E-state index in [1.165, 1.54) is 0 Å². The summed E-state index contributed by atoms with van der Waals surface area (Å²) in [4.78, 5) is 23.8. The topological polar surface area (TPSA) is 34.1 Å². The van der Waals surface area contributed by atoms with Crippen molar-refractivity contribution in [1.29, 1.82) is 0 Å². The highest BCUT2D eigenvalue weighted by molar-refractivity contribution is 6.42. The van der Waals surface area contributed by atoms with E-state index in [0.29, 0.717) is 22.0 Å². The van der Waals surface area contributed by atoms with Crippen LogP contribution in [0.25, 0.3) is 0 Å². The van der Waals surface area contributed by atoms with E-state index in [1.54, 1.807) is 18.2 Å². The number of carbonyl (C=O) groups excluding carboxylic acids is 2. The highest BCUT2D eigenvalue weighted by atomic mass is 35.5. The fraction of sp³-hybridized carbons (Fsp3) is 0.429. The Balaban J connectivity index is 2.07. The van der Waals surface area contributed by atoms with Crippen molar-refractivity contribution < 1.29 is 9.59 Å². The Hall–Kier alpha value is -0.860. The fourth-order valence-corrected chi connectivity index (χ4v) is 2.58. The average Bonchev–Trinajstić information content (AvgIpc) is 2.35. The van der Waals surface area contributed by atoms with Gasteiger partial charge in [-0.2, -0.15) is 0 Å². The molecule has 0 amide bonds. The van der Waals surface area contributed by atoms with Crippen LogP contribution < -0.4 is 0 Å². The van der Waals surface area contributed by atoms with Crippen molar-refractivity contribution >= 4 is 34.8 Å².